The van der Waals surface area contributed by atoms with Crippen molar-refractivity contribution in [2.45, 2.75) is 55.9 Å². The highest BCUT2D eigenvalue weighted by Gasteiger charge is 2.42. The van der Waals surface area contributed by atoms with Crippen LogP contribution in [0.25, 0.3) is 0 Å². The van der Waals surface area contributed by atoms with E-state index in [1.807, 2.05) is 0 Å². The summed E-state index contributed by atoms with van der Waals surface area (Å²) in [6.07, 6.45) is 4.23. The highest BCUT2D eigenvalue weighted by Crippen LogP contribution is 2.36. The number of sulfonamides is 1. The van der Waals surface area contributed by atoms with Crippen molar-refractivity contribution in [3.05, 3.63) is 41.5 Å². The quantitative estimate of drug-likeness (QED) is 0.835. The molecule has 0 saturated heterocycles. The number of halogens is 2. The van der Waals surface area contributed by atoms with Crippen molar-refractivity contribution in [3.8, 4) is 0 Å². The van der Waals surface area contributed by atoms with Gasteiger partial charge in [-0.05, 0) is 25.0 Å². The van der Waals surface area contributed by atoms with Crippen molar-refractivity contribution in [3.63, 3.8) is 0 Å². The van der Waals surface area contributed by atoms with E-state index in [1.54, 1.807) is 6.92 Å². The van der Waals surface area contributed by atoms with Crippen LogP contribution in [0.4, 0.5) is 8.78 Å². The minimum atomic E-state index is -4.46. The zero-order valence-corrected chi connectivity index (χ0v) is 14.6. The Morgan fingerprint density at radius 1 is 1.12 bits per heavy atom. The third kappa shape index (κ3) is 3.57. The zero-order chi connectivity index (χ0) is 18.1. The number of hydrogen-bond donors (Lipinski definition) is 1. The van der Waals surface area contributed by atoms with E-state index in [0.717, 1.165) is 43.9 Å². The number of benzene rings is 1. The van der Waals surface area contributed by atoms with E-state index in [9.17, 15) is 17.2 Å². The van der Waals surface area contributed by atoms with E-state index < -0.39 is 32.1 Å². The van der Waals surface area contributed by atoms with Crippen molar-refractivity contribution < 1.29 is 21.7 Å². The molecule has 0 radical (unpaired) electrons. The van der Waals surface area contributed by atoms with Gasteiger partial charge in [0, 0.05) is 6.92 Å². The molecule has 1 aromatic carbocycles. The number of nitrogens with one attached hydrogen (secondary N) is 1. The summed E-state index contributed by atoms with van der Waals surface area (Å²) in [7, 11) is -4.46. The van der Waals surface area contributed by atoms with Gasteiger partial charge in [-0.15, -0.1) is 0 Å². The van der Waals surface area contributed by atoms with Crippen LogP contribution >= 0.6 is 0 Å². The molecule has 1 aromatic heterocycles. The minimum Gasteiger partial charge on any atom is -0.340 e. The Morgan fingerprint density at radius 2 is 1.72 bits per heavy atom. The van der Waals surface area contributed by atoms with E-state index in [-0.39, 0.29) is 5.82 Å². The molecule has 2 aromatic rings. The minimum absolute atomic E-state index is 0.201. The number of rotatable bonds is 4. The summed E-state index contributed by atoms with van der Waals surface area (Å²) in [5.41, 5.74) is -1.14. The van der Waals surface area contributed by atoms with E-state index in [2.05, 4.69) is 14.9 Å². The van der Waals surface area contributed by atoms with E-state index >= 15 is 0 Å². The third-order valence-electron chi connectivity index (χ3n) is 4.43. The fourth-order valence-electron chi connectivity index (χ4n) is 3.24. The molecule has 1 saturated carbocycles. The second-order valence-electron chi connectivity index (χ2n) is 6.29. The van der Waals surface area contributed by atoms with Gasteiger partial charge in [-0.1, -0.05) is 36.9 Å². The first-order valence-corrected chi connectivity index (χ1v) is 9.61. The Bertz CT molecular complexity index is 839. The van der Waals surface area contributed by atoms with Crippen molar-refractivity contribution >= 4 is 10.0 Å². The molecule has 1 aliphatic rings. The standard InChI is InChI=1S/C16H19F2N3O3S/c1-11-19-15(20-24-11)16(9-4-2-3-5-10-16)21-25(22,23)14-12(17)7-6-8-13(14)18/h6-8,21H,2-5,9-10H2,1H3. The molecule has 25 heavy (non-hydrogen) atoms. The first kappa shape index (κ1) is 17.9. The van der Waals surface area contributed by atoms with Gasteiger partial charge in [-0.25, -0.2) is 17.2 Å². The molecule has 9 heteroatoms. The Hall–Kier alpha value is -1.87. The predicted octanol–water partition coefficient (Wildman–Crippen LogP) is 3.18. The van der Waals surface area contributed by atoms with Crippen LogP contribution in [0.15, 0.2) is 27.6 Å². The molecule has 1 fully saturated rings. The summed E-state index contributed by atoms with van der Waals surface area (Å²) in [5, 5.41) is 3.88. The highest BCUT2D eigenvalue weighted by molar-refractivity contribution is 7.89. The van der Waals surface area contributed by atoms with Gasteiger partial charge in [0.15, 0.2) is 10.7 Å². The Labute approximate surface area is 144 Å². The molecular weight excluding hydrogens is 352 g/mol. The van der Waals surface area contributed by atoms with Gasteiger partial charge in [0.2, 0.25) is 15.9 Å². The Morgan fingerprint density at radius 3 is 2.24 bits per heavy atom. The normalized spacial score (nSPS) is 18.0. The molecule has 1 heterocycles. The van der Waals surface area contributed by atoms with E-state index in [1.165, 1.54) is 0 Å². The molecular formula is C16H19F2N3O3S. The monoisotopic (exact) mass is 371 g/mol. The maximum Gasteiger partial charge on any atom is 0.247 e. The zero-order valence-electron chi connectivity index (χ0n) is 13.8. The van der Waals surface area contributed by atoms with Crippen LogP contribution in [0, 0.1) is 18.6 Å². The van der Waals surface area contributed by atoms with Crippen LogP contribution in [-0.4, -0.2) is 18.6 Å². The summed E-state index contributed by atoms with van der Waals surface area (Å²) in [4.78, 5) is 3.19. The van der Waals surface area contributed by atoms with Crippen molar-refractivity contribution in [1.29, 1.82) is 0 Å². The Balaban J connectivity index is 2.06. The summed E-state index contributed by atoms with van der Waals surface area (Å²) >= 11 is 0. The molecule has 1 N–H and O–H groups in total. The second kappa shape index (κ2) is 6.80. The SMILES string of the molecule is Cc1nc(C2(NS(=O)(=O)c3c(F)cccc3F)CCCCCC2)no1. The topological polar surface area (TPSA) is 85.1 Å². The molecule has 0 amide bonds. The van der Waals surface area contributed by atoms with Crippen LogP contribution in [0.2, 0.25) is 0 Å². The molecule has 0 spiro atoms. The van der Waals surface area contributed by atoms with E-state index in [4.69, 9.17) is 4.52 Å². The van der Waals surface area contributed by atoms with Gasteiger partial charge in [-0.2, -0.15) is 9.71 Å². The predicted molar refractivity (Wildman–Crippen MR) is 85.1 cm³/mol. The fourth-order valence-corrected chi connectivity index (χ4v) is 4.81. The lowest BCUT2D eigenvalue weighted by atomic mass is 9.91. The van der Waals surface area contributed by atoms with Crippen molar-refractivity contribution in [2.75, 3.05) is 0 Å². The molecule has 3 rings (SSSR count). The first-order valence-electron chi connectivity index (χ1n) is 8.13. The largest absolute Gasteiger partial charge is 0.340 e. The summed E-state index contributed by atoms with van der Waals surface area (Å²) in [5.74, 6) is -1.77. The number of hydrogen-bond acceptors (Lipinski definition) is 5. The maximum atomic E-state index is 14.0. The lowest BCUT2D eigenvalue weighted by Crippen LogP contribution is -2.46. The van der Waals surface area contributed by atoms with Crippen LogP contribution in [0.3, 0.4) is 0 Å². The van der Waals surface area contributed by atoms with Crippen LogP contribution in [-0.2, 0) is 15.6 Å². The summed E-state index contributed by atoms with van der Waals surface area (Å²) in [6.45, 7) is 1.60. The molecule has 0 bridgehead atoms. The molecule has 0 unspecified atom stereocenters. The van der Waals surface area contributed by atoms with Crippen molar-refractivity contribution in [2.24, 2.45) is 0 Å². The smallest absolute Gasteiger partial charge is 0.247 e. The number of nitrogens with zero attached hydrogens (tertiary/aromatic N) is 2. The van der Waals surface area contributed by atoms with Gasteiger partial charge in [0.25, 0.3) is 0 Å². The Kier molecular flexibility index (Phi) is 4.88. The number of aryl methyl sites for hydroxylation is 1. The highest BCUT2D eigenvalue weighted by atomic mass is 32.2. The van der Waals surface area contributed by atoms with Gasteiger partial charge in [0.05, 0.1) is 5.54 Å². The molecule has 0 atom stereocenters. The average Bonchev–Trinajstić information content (AvgIpc) is 2.83. The second-order valence-corrected chi connectivity index (χ2v) is 7.91. The van der Waals surface area contributed by atoms with Gasteiger partial charge in [0.1, 0.15) is 11.6 Å². The molecule has 6 nitrogen and oxygen atoms in total. The van der Waals surface area contributed by atoms with Crippen LogP contribution in [0.1, 0.15) is 50.2 Å². The summed E-state index contributed by atoms with van der Waals surface area (Å²) < 4.78 is 61.0. The number of aromatic nitrogens is 2. The van der Waals surface area contributed by atoms with Crippen LogP contribution < -0.4 is 4.72 Å². The molecule has 136 valence electrons. The maximum absolute atomic E-state index is 14.0. The lowest BCUT2D eigenvalue weighted by Gasteiger charge is -2.30. The van der Waals surface area contributed by atoms with Gasteiger partial charge < -0.3 is 4.52 Å². The van der Waals surface area contributed by atoms with Gasteiger partial charge >= 0.3 is 0 Å². The molecule has 1 aliphatic carbocycles. The molecule has 0 aliphatic heterocycles. The van der Waals surface area contributed by atoms with Crippen LogP contribution in [0.5, 0.6) is 0 Å². The third-order valence-corrected chi connectivity index (χ3v) is 6.02. The average molecular weight is 371 g/mol. The first-order chi connectivity index (χ1) is 11.8. The lowest BCUT2D eigenvalue weighted by molar-refractivity contribution is 0.300. The van der Waals surface area contributed by atoms with Crippen molar-refractivity contribution in [1.82, 2.24) is 14.9 Å². The fraction of sp³-hybridized carbons (Fsp3) is 0.500. The summed E-state index contributed by atoms with van der Waals surface area (Å²) in [6, 6.07) is 2.94. The van der Waals surface area contributed by atoms with E-state index in [0.29, 0.717) is 18.7 Å². The van der Waals surface area contributed by atoms with Gasteiger partial charge in [-0.3, -0.25) is 0 Å².